The number of hydrogen-bond donors (Lipinski definition) is 4. The van der Waals surface area contributed by atoms with E-state index in [9.17, 15) is 29.3 Å². The van der Waals surface area contributed by atoms with Crippen LogP contribution in [0, 0.1) is 5.92 Å². The minimum Gasteiger partial charge on any atom is -0.370 e. The fraction of sp³-hybridized carbons (Fsp3) is 0.489. The monoisotopic (exact) mass is 869 g/mol. The zero-order valence-corrected chi connectivity index (χ0v) is 37.9. The highest BCUT2D eigenvalue weighted by Crippen LogP contribution is 2.57. The molecule has 0 saturated heterocycles. The number of nitrogens with two attached hydrogens (primary N) is 1. The Morgan fingerprint density at radius 1 is 0.919 bits per heavy atom. The summed E-state index contributed by atoms with van der Waals surface area (Å²) in [5.74, 6) is -3.60. The molecule has 0 unspecified atom stereocenters. The number of allylic oxidation sites excluding steroid dienone is 1. The molecule has 4 amide bonds. The topological polar surface area (TPSA) is 215 Å². The fourth-order valence-corrected chi connectivity index (χ4v) is 10.5. The van der Waals surface area contributed by atoms with Crippen molar-refractivity contribution in [3.63, 3.8) is 0 Å². The van der Waals surface area contributed by atoms with Gasteiger partial charge in [-0.15, -0.1) is 13.2 Å². The molecule has 0 aliphatic heterocycles. The van der Waals surface area contributed by atoms with Gasteiger partial charge in [0.15, 0.2) is 0 Å². The molecule has 0 heterocycles. The van der Waals surface area contributed by atoms with Gasteiger partial charge in [-0.2, -0.15) is 0 Å². The lowest BCUT2D eigenvalue weighted by Crippen LogP contribution is -2.64. The molecule has 0 bridgehead atoms. The molecule has 4 rings (SSSR count). The molecule has 1 aliphatic rings. The Kier molecular flexibility index (Phi) is 17.3. The number of azide groups is 1. The highest BCUT2D eigenvalue weighted by Gasteiger charge is 2.44. The second-order valence-electron chi connectivity index (χ2n) is 18.1. The van der Waals surface area contributed by atoms with Gasteiger partial charge in [0.2, 0.25) is 23.6 Å². The Morgan fingerprint density at radius 3 is 2.13 bits per heavy atom. The minimum absolute atomic E-state index is 0.00619. The van der Waals surface area contributed by atoms with Crippen LogP contribution in [-0.2, 0) is 45.4 Å². The van der Waals surface area contributed by atoms with Crippen LogP contribution in [-0.4, -0.2) is 59.0 Å². The number of rotatable bonds is 21. The normalized spacial score (nSPS) is 16.1. The van der Waals surface area contributed by atoms with E-state index in [2.05, 4.69) is 51.3 Å². The smallest absolute Gasteiger partial charge is 0.336 e. The van der Waals surface area contributed by atoms with Crippen molar-refractivity contribution in [2.75, 3.05) is 6.54 Å². The van der Waals surface area contributed by atoms with Gasteiger partial charge in [-0.25, -0.2) is 0 Å². The minimum atomic E-state index is -3.61. The van der Waals surface area contributed by atoms with Crippen molar-refractivity contribution < 1.29 is 32.8 Å². The first-order chi connectivity index (χ1) is 29.2. The number of benzene rings is 3. The summed E-state index contributed by atoms with van der Waals surface area (Å²) >= 11 is 0. The van der Waals surface area contributed by atoms with Crippen LogP contribution < -0.4 is 21.7 Å². The van der Waals surface area contributed by atoms with Crippen LogP contribution in [0.15, 0.2) is 97.2 Å². The average molecular weight is 870 g/mol. The van der Waals surface area contributed by atoms with E-state index in [0.717, 1.165) is 22.8 Å². The van der Waals surface area contributed by atoms with Crippen LogP contribution >= 0.6 is 7.60 Å². The lowest BCUT2D eigenvalue weighted by molar-refractivity contribution is -0.138. The van der Waals surface area contributed by atoms with Gasteiger partial charge in [-0.1, -0.05) is 103 Å². The van der Waals surface area contributed by atoms with Crippen molar-refractivity contribution in [1.29, 1.82) is 0 Å². The van der Waals surface area contributed by atoms with E-state index in [4.69, 9.17) is 14.8 Å². The number of fused-ring (bicyclic) bond motifs is 1. The van der Waals surface area contributed by atoms with Gasteiger partial charge in [0, 0.05) is 17.4 Å². The number of nitrogens with one attached hydrogen (secondary N) is 3. The summed E-state index contributed by atoms with van der Waals surface area (Å²) in [4.78, 5) is 57.6. The molecular formula is C47H64N7O7P. The van der Waals surface area contributed by atoms with E-state index in [-0.39, 0.29) is 31.5 Å². The van der Waals surface area contributed by atoms with E-state index >= 15 is 0 Å². The van der Waals surface area contributed by atoms with E-state index < -0.39 is 72.4 Å². The van der Waals surface area contributed by atoms with Gasteiger partial charge in [-0.3, -0.25) is 23.7 Å². The van der Waals surface area contributed by atoms with Crippen LogP contribution in [0.25, 0.3) is 21.2 Å². The van der Waals surface area contributed by atoms with Gasteiger partial charge < -0.3 is 30.7 Å². The summed E-state index contributed by atoms with van der Waals surface area (Å²) in [7, 11) is -3.61. The number of amides is 4. The van der Waals surface area contributed by atoms with Crippen molar-refractivity contribution in [1.82, 2.24) is 16.0 Å². The van der Waals surface area contributed by atoms with E-state index in [1.54, 1.807) is 71.9 Å². The third-order valence-electron chi connectivity index (χ3n) is 10.6. The number of primary amides is 1. The van der Waals surface area contributed by atoms with E-state index in [1.165, 1.54) is 6.08 Å². The predicted molar refractivity (Wildman–Crippen MR) is 244 cm³/mol. The van der Waals surface area contributed by atoms with Gasteiger partial charge in [-0.05, 0) is 106 Å². The first-order valence-corrected chi connectivity index (χ1v) is 23.0. The van der Waals surface area contributed by atoms with Crippen molar-refractivity contribution in [2.24, 2.45) is 16.8 Å². The molecule has 15 heteroatoms. The van der Waals surface area contributed by atoms with Gasteiger partial charge in [0.05, 0.1) is 23.8 Å². The maximum absolute atomic E-state index is 14.3. The quantitative estimate of drug-likeness (QED) is 0.0268. The molecule has 0 spiro atoms. The third-order valence-corrected chi connectivity index (χ3v) is 13.0. The summed E-state index contributed by atoms with van der Waals surface area (Å²) in [6, 6.07) is 18.4. The fourth-order valence-electron chi connectivity index (χ4n) is 7.98. The van der Waals surface area contributed by atoms with Gasteiger partial charge >= 0.3 is 7.60 Å². The highest BCUT2D eigenvalue weighted by molar-refractivity contribution is 7.53. The molecule has 14 nitrogen and oxygen atoms in total. The largest absolute Gasteiger partial charge is 0.370 e. The number of hydrogen-bond acceptors (Lipinski definition) is 8. The zero-order valence-electron chi connectivity index (χ0n) is 37.0. The van der Waals surface area contributed by atoms with E-state index in [0.29, 0.717) is 36.8 Å². The second-order valence-corrected chi connectivity index (χ2v) is 20.0. The molecule has 3 aromatic carbocycles. The molecule has 1 saturated carbocycles. The molecule has 334 valence electrons. The Balaban J connectivity index is 1.52. The summed E-state index contributed by atoms with van der Waals surface area (Å²) in [6.07, 6.45) is 6.56. The molecule has 4 atom stereocenters. The molecule has 0 radical (unpaired) electrons. The Labute approximate surface area is 366 Å². The van der Waals surface area contributed by atoms with Crippen molar-refractivity contribution >= 4 is 42.0 Å². The number of nitrogens with zero attached hydrogens (tertiary/aromatic N) is 3. The van der Waals surface area contributed by atoms with Crippen molar-refractivity contribution in [3.05, 3.63) is 119 Å². The molecule has 3 aromatic rings. The highest BCUT2D eigenvalue weighted by atomic mass is 31.2. The van der Waals surface area contributed by atoms with Crippen LogP contribution in [0.1, 0.15) is 109 Å². The molecule has 1 aliphatic carbocycles. The maximum Gasteiger partial charge on any atom is 0.336 e. The number of carbonyl (C=O) groups excluding carboxylic acids is 4. The van der Waals surface area contributed by atoms with Gasteiger partial charge in [0.25, 0.3) is 0 Å². The summed E-state index contributed by atoms with van der Waals surface area (Å²) < 4.78 is 25.8. The first kappa shape index (κ1) is 49.4. The predicted octanol–water partition coefficient (Wildman–Crippen LogP) is 8.84. The lowest BCUT2D eigenvalue weighted by atomic mass is 9.79. The summed E-state index contributed by atoms with van der Waals surface area (Å²) in [5.41, 5.74) is 14.6. The standard InChI is InChI=1S/C47H64N7O7P/c1-9-17-33(28-36-20-16-19-34-18-12-13-21-38(34)36)30-50-42(56)39(29-40(48)55)51-44(58)47(26-14-11-15-27-47)52-43(57)41(53-54-49)37(10-2)35-24-22-32(23-25-35)31-62(59,60-45(3,4)5)61-46(6,7)8/h9-10,12-13,16,18-25,33,37,39,41H,1-2,11,14-15,17,26-31H2,3-8H3,(H2,48,55)(H,50,56)(H,51,58)(H,52,57)/t33-,37+,39-,41-/m0/s1. The number of carbonyl (C=O) groups is 4. The molecule has 0 aromatic heterocycles. The lowest BCUT2D eigenvalue weighted by Gasteiger charge is -2.38. The Hall–Kier alpha value is -5.26. The third kappa shape index (κ3) is 14.4. The second kappa shape index (κ2) is 21.7. The SMILES string of the molecule is C=CC[C@H](CNC(=O)[C@H](CC(N)=O)NC(=O)C1(NC(=O)[C@@H](N=[N+]=[N-])[C@H](C=C)c2ccc(CP(=O)(OC(C)(C)C)OC(C)(C)C)cc2)CCCCC1)Cc1cccc2ccccc12. The molecule has 1 fully saturated rings. The first-order valence-electron chi connectivity index (χ1n) is 21.2. The van der Waals surface area contributed by atoms with Crippen LogP contribution in [0.5, 0.6) is 0 Å². The Morgan fingerprint density at radius 2 is 1.55 bits per heavy atom. The molecular weight excluding hydrogens is 806 g/mol. The van der Waals surface area contributed by atoms with Crippen molar-refractivity contribution in [2.45, 2.75) is 134 Å². The van der Waals surface area contributed by atoms with E-state index in [1.807, 2.05) is 30.3 Å². The van der Waals surface area contributed by atoms with Crippen molar-refractivity contribution in [3.8, 4) is 0 Å². The zero-order chi connectivity index (χ0) is 45.7. The summed E-state index contributed by atoms with van der Waals surface area (Å²) in [5, 5.41) is 14.7. The van der Waals surface area contributed by atoms with Crippen LogP contribution in [0.2, 0.25) is 0 Å². The average Bonchev–Trinajstić information content (AvgIpc) is 3.18. The molecule has 5 N–H and O–H groups in total. The van der Waals surface area contributed by atoms with Crippen LogP contribution in [0.4, 0.5) is 0 Å². The summed E-state index contributed by atoms with van der Waals surface area (Å²) in [6.45, 7) is 18.9. The van der Waals surface area contributed by atoms with Crippen LogP contribution in [0.3, 0.4) is 0 Å². The Bertz CT molecular complexity index is 2140. The maximum atomic E-state index is 14.3. The van der Waals surface area contributed by atoms with Gasteiger partial charge in [0.1, 0.15) is 17.6 Å². The molecule has 62 heavy (non-hydrogen) atoms.